The molecular weight excluding hydrogens is 496 g/mol. The minimum atomic E-state index is -0.522. The second-order valence-corrected chi connectivity index (χ2v) is 8.99. The Morgan fingerprint density at radius 1 is 1.05 bits per heavy atom. The molecule has 1 fully saturated rings. The number of amides is 2. The third-order valence-corrected chi connectivity index (χ3v) is 6.67. The van der Waals surface area contributed by atoms with Gasteiger partial charge in [0.1, 0.15) is 29.6 Å². The monoisotopic (exact) mass is 516 g/mol. The number of imide groups is 1. The summed E-state index contributed by atoms with van der Waals surface area (Å²) in [5.74, 6) is 1.11. The first kappa shape index (κ1) is 24.1. The van der Waals surface area contributed by atoms with Crippen LogP contribution < -0.4 is 9.47 Å². The molecule has 1 aromatic heterocycles. The Labute approximate surface area is 215 Å². The summed E-state index contributed by atoms with van der Waals surface area (Å²) < 4.78 is 16.7. The van der Waals surface area contributed by atoms with Crippen molar-refractivity contribution in [1.29, 1.82) is 0 Å². The van der Waals surface area contributed by atoms with Crippen LogP contribution in [0.4, 0.5) is 10.5 Å². The number of nitro benzene ring substituents is 1. The topological polar surface area (TPSA) is 112 Å². The minimum absolute atomic E-state index is 0.0900. The molecule has 1 saturated heterocycles. The summed E-state index contributed by atoms with van der Waals surface area (Å²) >= 11 is 0.802. The van der Waals surface area contributed by atoms with Crippen LogP contribution in [-0.4, -0.2) is 41.2 Å². The van der Waals surface area contributed by atoms with Crippen LogP contribution in [0.15, 0.2) is 82.1 Å². The quantitative estimate of drug-likeness (QED) is 0.156. The van der Waals surface area contributed by atoms with Gasteiger partial charge in [-0.05, 0) is 47.5 Å². The SMILES string of the molecule is COc1ccc(-c2ccc(/C=C3\SC(=O)N(CCOc4cccc5ccccc45)C3=O)o2)c([N+](=O)[O-])c1. The van der Waals surface area contributed by atoms with Gasteiger partial charge in [0.15, 0.2) is 0 Å². The van der Waals surface area contributed by atoms with Crippen LogP contribution in [0.25, 0.3) is 28.2 Å². The van der Waals surface area contributed by atoms with Gasteiger partial charge >= 0.3 is 0 Å². The van der Waals surface area contributed by atoms with E-state index in [-0.39, 0.29) is 40.8 Å². The van der Waals surface area contributed by atoms with E-state index >= 15 is 0 Å². The molecule has 1 aliphatic heterocycles. The molecule has 2 heterocycles. The van der Waals surface area contributed by atoms with Crippen molar-refractivity contribution in [2.24, 2.45) is 0 Å². The molecule has 37 heavy (non-hydrogen) atoms. The molecule has 1 aliphatic rings. The van der Waals surface area contributed by atoms with Gasteiger partial charge in [0, 0.05) is 11.5 Å². The normalized spacial score (nSPS) is 14.5. The maximum absolute atomic E-state index is 12.9. The number of methoxy groups -OCH3 is 1. The number of fused-ring (bicyclic) bond motifs is 1. The molecule has 2 amide bonds. The second-order valence-electron chi connectivity index (χ2n) is 8.00. The number of ether oxygens (including phenoxy) is 2. The highest BCUT2D eigenvalue weighted by molar-refractivity contribution is 8.18. The van der Waals surface area contributed by atoms with E-state index in [1.807, 2.05) is 42.5 Å². The Kier molecular flexibility index (Phi) is 6.65. The van der Waals surface area contributed by atoms with Gasteiger partial charge in [0.05, 0.1) is 35.1 Å². The summed E-state index contributed by atoms with van der Waals surface area (Å²) in [6.45, 7) is 0.234. The van der Waals surface area contributed by atoms with Crippen molar-refractivity contribution in [3.8, 4) is 22.8 Å². The largest absolute Gasteiger partial charge is 0.497 e. The van der Waals surface area contributed by atoms with E-state index < -0.39 is 16.1 Å². The molecule has 0 bridgehead atoms. The number of furan rings is 1. The molecule has 4 aromatic rings. The number of hydrogen-bond donors (Lipinski definition) is 0. The highest BCUT2D eigenvalue weighted by Crippen LogP contribution is 2.36. The fourth-order valence-electron chi connectivity index (χ4n) is 3.96. The maximum Gasteiger partial charge on any atom is 0.293 e. The molecule has 9 nitrogen and oxygen atoms in total. The zero-order chi connectivity index (χ0) is 25.9. The smallest absolute Gasteiger partial charge is 0.293 e. The molecule has 0 N–H and O–H groups in total. The summed E-state index contributed by atoms with van der Waals surface area (Å²) in [5.41, 5.74) is 0.0934. The van der Waals surface area contributed by atoms with Gasteiger partial charge in [-0.2, -0.15) is 0 Å². The van der Waals surface area contributed by atoms with Crippen LogP contribution >= 0.6 is 11.8 Å². The van der Waals surface area contributed by atoms with Crippen molar-refractivity contribution in [3.05, 3.63) is 93.6 Å². The number of hydrogen-bond acceptors (Lipinski definition) is 8. The van der Waals surface area contributed by atoms with Gasteiger partial charge in [-0.3, -0.25) is 24.6 Å². The second kappa shape index (κ2) is 10.2. The predicted molar refractivity (Wildman–Crippen MR) is 139 cm³/mol. The van der Waals surface area contributed by atoms with Gasteiger partial charge in [-0.1, -0.05) is 36.4 Å². The Hall–Kier alpha value is -4.57. The van der Waals surface area contributed by atoms with Crippen molar-refractivity contribution in [1.82, 2.24) is 4.90 Å². The zero-order valence-electron chi connectivity index (χ0n) is 19.6. The number of thioether (sulfide) groups is 1. The first-order chi connectivity index (χ1) is 17.9. The van der Waals surface area contributed by atoms with Gasteiger partial charge in [0.25, 0.3) is 16.8 Å². The molecule has 0 radical (unpaired) electrons. The van der Waals surface area contributed by atoms with Gasteiger partial charge < -0.3 is 13.9 Å². The van der Waals surface area contributed by atoms with E-state index in [2.05, 4.69) is 0 Å². The van der Waals surface area contributed by atoms with Gasteiger partial charge in [-0.25, -0.2) is 0 Å². The van der Waals surface area contributed by atoms with E-state index in [9.17, 15) is 19.7 Å². The summed E-state index contributed by atoms with van der Waals surface area (Å²) in [6.07, 6.45) is 1.45. The number of benzene rings is 3. The molecule has 10 heteroatoms. The number of nitrogens with zero attached hydrogens (tertiary/aromatic N) is 2. The van der Waals surface area contributed by atoms with E-state index in [1.165, 1.54) is 25.3 Å². The maximum atomic E-state index is 12.9. The van der Waals surface area contributed by atoms with Crippen LogP contribution in [0.2, 0.25) is 0 Å². The van der Waals surface area contributed by atoms with E-state index in [4.69, 9.17) is 13.9 Å². The lowest BCUT2D eigenvalue weighted by Gasteiger charge is -2.14. The average Bonchev–Trinajstić information content (AvgIpc) is 3.48. The van der Waals surface area contributed by atoms with Crippen molar-refractivity contribution >= 4 is 45.4 Å². The molecular formula is C27H20N2O7S. The summed E-state index contributed by atoms with van der Waals surface area (Å²) in [6, 6.07) is 21.1. The lowest BCUT2D eigenvalue weighted by Crippen LogP contribution is -2.32. The standard InChI is InChI=1S/C27H20N2O7S/c1-34-18-9-11-21(22(15-18)29(32)33)24-12-10-19(36-24)16-25-26(30)28(27(31)37-25)13-14-35-23-8-4-6-17-5-2-3-7-20(17)23/h2-12,15-16H,13-14H2,1H3/b25-16-. The van der Waals surface area contributed by atoms with Crippen molar-refractivity contribution < 1.29 is 28.4 Å². The van der Waals surface area contributed by atoms with Crippen molar-refractivity contribution in [3.63, 3.8) is 0 Å². The first-order valence-electron chi connectivity index (χ1n) is 11.2. The van der Waals surface area contributed by atoms with Crippen LogP contribution in [0, 0.1) is 10.1 Å². The molecule has 0 aliphatic carbocycles. The lowest BCUT2D eigenvalue weighted by molar-refractivity contribution is -0.384. The minimum Gasteiger partial charge on any atom is -0.497 e. The van der Waals surface area contributed by atoms with Gasteiger partial charge in [-0.15, -0.1) is 0 Å². The predicted octanol–water partition coefficient (Wildman–Crippen LogP) is 6.13. The highest BCUT2D eigenvalue weighted by atomic mass is 32.2. The number of nitro groups is 1. The molecule has 0 unspecified atom stereocenters. The molecule has 0 spiro atoms. The summed E-state index contributed by atoms with van der Waals surface area (Å²) in [7, 11) is 1.42. The lowest BCUT2D eigenvalue weighted by atomic mass is 10.1. The third-order valence-electron chi connectivity index (χ3n) is 5.76. The fourth-order valence-corrected chi connectivity index (χ4v) is 4.81. The Morgan fingerprint density at radius 2 is 1.86 bits per heavy atom. The number of rotatable bonds is 8. The molecule has 186 valence electrons. The number of carbonyl (C=O) groups excluding carboxylic acids is 2. The molecule has 0 atom stereocenters. The van der Waals surface area contributed by atoms with Crippen LogP contribution in [-0.2, 0) is 4.79 Å². The fraction of sp³-hybridized carbons (Fsp3) is 0.111. The van der Waals surface area contributed by atoms with Crippen molar-refractivity contribution in [2.75, 3.05) is 20.3 Å². The van der Waals surface area contributed by atoms with Crippen molar-refractivity contribution in [2.45, 2.75) is 0 Å². The third kappa shape index (κ3) is 4.91. The summed E-state index contributed by atoms with van der Waals surface area (Å²) in [5, 5.41) is 13.1. The summed E-state index contributed by atoms with van der Waals surface area (Å²) in [4.78, 5) is 37.7. The number of carbonyl (C=O) groups is 2. The van der Waals surface area contributed by atoms with E-state index in [0.717, 1.165) is 27.4 Å². The first-order valence-corrected chi connectivity index (χ1v) is 12.0. The Morgan fingerprint density at radius 3 is 2.68 bits per heavy atom. The van der Waals surface area contributed by atoms with E-state index in [0.29, 0.717) is 11.5 Å². The molecule has 3 aromatic carbocycles. The Balaban J connectivity index is 1.29. The van der Waals surface area contributed by atoms with Crippen LogP contribution in [0.3, 0.4) is 0 Å². The Bertz CT molecular complexity index is 1550. The van der Waals surface area contributed by atoms with E-state index in [1.54, 1.807) is 18.2 Å². The molecule has 0 saturated carbocycles. The van der Waals surface area contributed by atoms with Gasteiger partial charge in [0.2, 0.25) is 0 Å². The van der Waals surface area contributed by atoms with Crippen LogP contribution in [0.1, 0.15) is 5.76 Å². The molecule has 5 rings (SSSR count). The highest BCUT2D eigenvalue weighted by Gasteiger charge is 2.35. The zero-order valence-corrected chi connectivity index (χ0v) is 20.4. The average molecular weight is 517 g/mol. The van der Waals surface area contributed by atoms with Crippen LogP contribution in [0.5, 0.6) is 11.5 Å².